The number of carboxylic acid groups (broad SMARTS) is 1. The van der Waals surface area contributed by atoms with E-state index in [9.17, 15) is 4.79 Å². The molecule has 19 heavy (non-hydrogen) atoms. The number of ether oxygens (including phenoxy) is 1. The number of benzene rings is 1. The Morgan fingerprint density at radius 2 is 2.00 bits per heavy atom. The third-order valence-electron chi connectivity index (χ3n) is 3.29. The molecule has 1 aromatic carbocycles. The number of hydrogen-bond acceptors (Lipinski definition) is 3. The molecule has 0 saturated heterocycles. The first-order chi connectivity index (χ1) is 9.01. The van der Waals surface area contributed by atoms with Crippen LogP contribution < -0.4 is 10.1 Å². The van der Waals surface area contributed by atoms with E-state index < -0.39 is 11.5 Å². The molecule has 1 rings (SSSR count). The molecule has 0 bridgehead atoms. The first-order valence-corrected chi connectivity index (χ1v) is 6.66. The molecule has 1 aromatic rings. The Hall–Kier alpha value is -1.55. The number of nitrogens with one attached hydrogen (secondary N) is 1. The maximum Gasteiger partial charge on any atom is 0.327 e. The molecule has 4 nitrogen and oxygen atoms in total. The van der Waals surface area contributed by atoms with Crippen molar-refractivity contribution in [1.29, 1.82) is 0 Å². The number of aryl methyl sites for hydroxylation is 1. The second kappa shape index (κ2) is 7.14. The number of likely N-dealkylation sites (N-methyl/N-ethyl adjacent to an activating group) is 1. The zero-order chi connectivity index (χ0) is 14.3. The van der Waals surface area contributed by atoms with Gasteiger partial charge in [-0.2, -0.15) is 0 Å². The maximum atomic E-state index is 11.1. The van der Waals surface area contributed by atoms with E-state index in [2.05, 4.69) is 12.2 Å². The largest absolute Gasteiger partial charge is 0.491 e. The molecule has 0 aliphatic heterocycles. The Labute approximate surface area is 114 Å². The third-order valence-corrected chi connectivity index (χ3v) is 3.29. The molecule has 0 heterocycles. The molecule has 0 amide bonds. The summed E-state index contributed by atoms with van der Waals surface area (Å²) in [7, 11) is 1.62. The molecule has 1 atom stereocenters. The van der Waals surface area contributed by atoms with Crippen LogP contribution in [0.2, 0.25) is 0 Å². The second-order valence-electron chi connectivity index (χ2n) is 4.92. The van der Waals surface area contributed by atoms with Gasteiger partial charge < -0.3 is 15.2 Å². The average molecular weight is 265 g/mol. The van der Waals surface area contributed by atoms with Crippen molar-refractivity contribution in [3.05, 3.63) is 29.8 Å². The van der Waals surface area contributed by atoms with Gasteiger partial charge in [-0.1, -0.05) is 25.5 Å². The normalized spacial score (nSPS) is 13.8. The Morgan fingerprint density at radius 3 is 2.47 bits per heavy atom. The van der Waals surface area contributed by atoms with Crippen LogP contribution in [0.3, 0.4) is 0 Å². The Morgan fingerprint density at radius 1 is 1.37 bits per heavy atom. The van der Waals surface area contributed by atoms with Gasteiger partial charge in [0, 0.05) is 0 Å². The molecule has 0 aliphatic carbocycles. The highest BCUT2D eigenvalue weighted by atomic mass is 16.5. The van der Waals surface area contributed by atoms with Crippen molar-refractivity contribution in [1.82, 2.24) is 5.32 Å². The summed E-state index contributed by atoms with van der Waals surface area (Å²) in [4.78, 5) is 11.1. The van der Waals surface area contributed by atoms with Crippen LogP contribution in [-0.2, 0) is 11.2 Å². The van der Waals surface area contributed by atoms with E-state index >= 15 is 0 Å². The van der Waals surface area contributed by atoms with Gasteiger partial charge in [0.05, 0.1) is 0 Å². The van der Waals surface area contributed by atoms with E-state index in [1.54, 1.807) is 14.0 Å². The fraction of sp³-hybridized carbons (Fsp3) is 0.533. The topological polar surface area (TPSA) is 58.6 Å². The first kappa shape index (κ1) is 15.5. The second-order valence-corrected chi connectivity index (χ2v) is 4.92. The van der Waals surface area contributed by atoms with E-state index in [4.69, 9.17) is 9.84 Å². The summed E-state index contributed by atoms with van der Waals surface area (Å²) in [6.45, 7) is 3.86. The molecule has 0 saturated carbocycles. The number of rotatable bonds is 8. The van der Waals surface area contributed by atoms with Gasteiger partial charge in [-0.3, -0.25) is 4.79 Å². The molecule has 0 spiro atoms. The van der Waals surface area contributed by atoms with Gasteiger partial charge in [-0.05, 0) is 44.5 Å². The van der Waals surface area contributed by atoms with Crippen molar-refractivity contribution < 1.29 is 14.6 Å². The van der Waals surface area contributed by atoms with Crippen LogP contribution in [-0.4, -0.2) is 30.3 Å². The van der Waals surface area contributed by atoms with Crippen molar-refractivity contribution >= 4 is 5.97 Å². The lowest BCUT2D eigenvalue weighted by Crippen LogP contribution is -2.52. The minimum Gasteiger partial charge on any atom is -0.491 e. The fourth-order valence-corrected chi connectivity index (χ4v) is 1.60. The number of carbonyl (C=O) groups is 1. The van der Waals surface area contributed by atoms with Gasteiger partial charge >= 0.3 is 5.97 Å². The lowest BCUT2D eigenvalue weighted by atomic mass is 10.1. The van der Waals surface area contributed by atoms with E-state index in [1.807, 2.05) is 24.3 Å². The van der Waals surface area contributed by atoms with Crippen LogP contribution in [0.25, 0.3) is 0 Å². The minimum absolute atomic E-state index is 0.0904. The van der Waals surface area contributed by atoms with Gasteiger partial charge in [0.2, 0.25) is 0 Å². The highest BCUT2D eigenvalue weighted by Crippen LogP contribution is 2.16. The Bertz CT molecular complexity index is 402. The van der Waals surface area contributed by atoms with E-state index in [1.165, 1.54) is 18.4 Å². The number of hydrogen-bond donors (Lipinski definition) is 2. The Kier molecular flexibility index (Phi) is 5.83. The molecule has 106 valence electrons. The van der Waals surface area contributed by atoms with Gasteiger partial charge in [-0.25, -0.2) is 0 Å². The van der Waals surface area contributed by atoms with Crippen LogP contribution in [0.1, 0.15) is 32.3 Å². The zero-order valence-electron chi connectivity index (χ0n) is 11.9. The summed E-state index contributed by atoms with van der Waals surface area (Å²) >= 11 is 0. The predicted molar refractivity (Wildman–Crippen MR) is 75.6 cm³/mol. The summed E-state index contributed by atoms with van der Waals surface area (Å²) in [6.07, 6.45) is 3.43. The summed E-state index contributed by atoms with van der Waals surface area (Å²) in [6, 6.07) is 7.84. The monoisotopic (exact) mass is 265 g/mol. The van der Waals surface area contributed by atoms with Crippen LogP contribution in [0.15, 0.2) is 24.3 Å². The van der Waals surface area contributed by atoms with Crippen LogP contribution >= 0.6 is 0 Å². The SMILES string of the molecule is CCCCc1ccc(OCC(C)(NC)C(=O)O)cc1. The summed E-state index contributed by atoms with van der Waals surface area (Å²) in [5.74, 6) is -0.225. The highest BCUT2D eigenvalue weighted by Gasteiger charge is 2.32. The quantitative estimate of drug-likeness (QED) is 0.758. The summed E-state index contributed by atoms with van der Waals surface area (Å²) in [5, 5.41) is 11.9. The standard InChI is InChI=1S/C15H23NO3/c1-4-5-6-12-7-9-13(10-8-12)19-11-15(2,16-3)14(17)18/h7-10,16H,4-6,11H2,1-3H3,(H,17,18). The van der Waals surface area contributed by atoms with Crippen LogP contribution in [0.4, 0.5) is 0 Å². The van der Waals surface area contributed by atoms with E-state index in [0.29, 0.717) is 5.75 Å². The molecular weight excluding hydrogens is 242 g/mol. The number of aliphatic carboxylic acids is 1. The van der Waals surface area contributed by atoms with Gasteiger partial charge in [0.25, 0.3) is 0 Å². The Balaban J connectivity index is 2.56. The molecule has 0 radical (unpaired) electrons. The lowest BCUT2D eigenvalue weighted by molar-refractivity contribution is -0.145. The van der Waals surface area contributed by atoms with Crippen molar-refractivity contribution in [2.45, 2.75) is 38.6 Å². The smallest absolute Gasteiger partial charge is 0.327 e. The zero-order valence-corrected chi connectivity index (χ0v) is 11.9. The molecule has 0 aliphatic rings. The van der Waals surface area contributed by atoms with Gasteiger partial charge in [-0.15, -0.1) is 0 Å². The molecule has 1 unspecified atom stereocenters. The average Bonchev–Trinajstić information content (AvgIpc) is 2.43. The van der Waals surface area contributed by atoms with Crippen molar-refractivity contribution in [2.75, 3.05) is 13.7 Å². The molecular formula is C15H23NO3. The number of unbranched alkanes of at least 4 members (excludes halogenated alkanes) is 1. The van der Waals surface area contributed by atoms with Crippen molar-refractivity contribution in [3.8, 4) is 5.75 Å². The van der Waals surface area contributed by atoms with Gasteiger partial charge in [0.15, 0.2) is 0 Å². The van der Waals surface area contributed by atoms with Crippen molar-refractivity contribution in [2.24, 2.45) is 0 Å². The van der Waals surface area contributed by atoms with Crippen LogP contribution in [0, 0.1) is 0 Å². The van der Waals surface area contributed by atoms with E-state index in [0.717, 1.165) is 6.42 Å². The van der Waals surface area contributed by atoms with Crippen LogP contribution in [0.5, 0.6) is 5.75 Å². The summed E-state index contributed by atoms with van der Waals surface area (Å²) in [5.41, 5.74) is 0.213. The molecule has 0 fully saturated rings. The minimum atomic E-state index is -1.07. The lowest BCUT2D eigenvalue weighted by Gasteiger charge is -2.24. The van der Waals surface area contributed by atoms with Gasteiger partial charge in [0.1, 0.15) is 17.9 Å². The molecule has 0 aromatic heterocycles. The fourth-order valence-electron chi connectivity index (χ4n) is 1.60. The summed E-state index contributed by atoms with van der Waals surface area (Å²) < 4.78 is 5.54. The first-order valence-electron chi connectivity index (χ1n) is 6.66. The highest BCUT2D eigenvalue weighted by molar-refractivity contribution is 5.78. The van der Waals surface area contributed by atoms with E-state index in [-0.39, 0.29) is 6.61 Å². The predicted octanol–water partition coefficient (Wildman–Crippen LogP) is 2.47. The van der Waals surface area contributed by atoms with Crippen molar-refractivity contribution in [3.63, 3.8) is 0 Å². The maximum absolute atomic E-state index is 11.1. The molecule has 4 heteroatoms. The molecule has 2 N–H and O–H groups in total. The number of carboxylic acids is 1. The third kappa shape index (κ3) is 4.56.